The van der Waals surface area contributed by atoms with E-state index in [2.05, 4.69) is 13.1 Å². The number of halogens is 2. The topological polar surface area (TPSA) is 250 Å². The van der Waals surface area contributed by atoms with E-state index in [9.17, 15) is 43.1 Å². The van der Waals surface area contributed by atoms with Crippen LogP contribution in [0, 0.1) is 0 Å². The van der Waals surface area contributed by atoms with Crippen LogP contribution in [0.3, 0.4) is 0 Å². The molecule has 0 aromatic carbocycles. The van der Waals surface area contributed by atoms with E-state index in [-0.39, 0.29) is 0 Å². The van der Waals surface area contributed by atoms with Gasteiger partial charge in [0, 0.05) is 12.3 Å². The summed E-state index contributed by atoms with van der Waals surface area (Å²) in [5, 5.41) is 10.2. The molecule has 1 aromatic rings. The van der Waals surface area contributed by atoms with Crippen LogP contribution in [0.2, 0.25) is 0 Å². The number of alkyl halides is 2. The smallest absolute Gasteiger partial charge is 0.478 e. The fraction of sp³-hybridized carbons (Fsp3) is 0.556. The molecule has 1 aromatic heterocycles. The van der Waals surface area contributed by atoms with Gasteiger partial charge in [0.1, 0.15) is 12.2 Å². The Morgan fingerprint density at radius 2 is 1.83 bits per heavy atom. The SMILES string of the molecule is O=c1ccn([C@@H]2O[C@H](COP(=O)(O)OP(=O)([O-])OP(=O)([O-])O)[C@@H](O)C2(Cl)Cl)c(=O)[nH]1. The average molecular weight is 535 g/mol. The van der Waals surface area contributed by atoms with Crippen molar-refractivity contribution in [1.29, 1.82) is 0 Å². The first-order valence-corrected chi connectivity index (χ1v) is 12.4. The van der Waals surface area contributed by atoms with Crippen molar-refractivity contribution in [2.75, 3.05) is 6.61 Å². The molecule has 1 aliphatic heterocycles. The summed E-state index contributed by atoms with van der Waals surface area (Å²) >= 11 is 11.9. The summed E-state index contributed by atoms with van der Waals surface area (Å²) in [5.74, 6) is 0. The molecule has 172 valence electrons. The largest absolute Gasteiger partial charge is 0.756 e. The summed E-state index contributed by atoms with van der Waals surface area (Å²) < 4.78 is 47.8. The fourth-order valence-electron chi connectivity index (χ4n) is 2.18. The van der Waals surface area contributed by atoms with Crippen molar-refractivity contribution in [2.45, 2.75) is 22.8 Å². The number of nitrogens with one attached hydrogen (secondary N) is 1. The first kappa shape index (κ1) is 25.8. The van der Waals surface area contributed by atoms with E-state index in [0.717, 1.165) is 12.3 Å². The van der Waals surface area contributed by atoms with Gasteiger partial charge in [0.25, 0.3) is 21.2 Å². The standard InChI is InChI=1S/C9H13Cl2N2O14P3/c10-9(11)6(15)4(25-7(9)13-2-1-5(14)12-8(13)16)3-24-29(20,21)27-30(22,23)26-28(17,18)19/h1-2,4,6-7,15H,3H2,(H,20,21)(H,22,23)(H,12,14,16)(H2,17,18,19)/p-2/t4-,6-,7-/m1/s1. The van der Waals surface area contributed by atoms with Crippen molar-refractivity contribution < 1.29 is 56.3 Å². The van der Waals surface area contributed by atoms with Gasteiger partial charge in [-0.2, -0.15) is 0 Å². The first-order chi connectivity index (χ1) is 13.4. The minimum atomic E-state index is -6.06. The van der Waals surface area contributed by atoms with Crippen molar-refractivity contribution in [3.63, 3.8) is 0 Å². The predicted octanol–water partition coefficient (Wildman–Crippen LogP) is -1.95. The lowest BCUT2D eigenvalue weighted by Crippen LogP contribution is -2.41. The number of H-pyrrole nitrogens is 1. The van der Waals surface area contributed by atoms with Gasteiger partial charge >= 0.3 is 13.5 Å². The monoisotopic (exact) mass is 534 g/mol. The number of aliphatic hydroxyl groups is 1. The Hall–Kier alpha value is -0.410. The highest BCUT2D eigenvalue weighted by Gasteiger charge is 2.56. The average Bonchev–Trinajstić information content (AvgIpc) is 2.73. The number of rotatable bonds is 8. The maximum atomic E-state index is 11.9. The molecular weight excluding hydrogens is 524 g/mol. The van der Waals surface area contributed by atoms with E-state index in [4.69, 9.17) is 32.8 Å². The highest BCUT2D eigenvalue weighted by molar-refractivity contribution is 7.65. The molecule has 0 aliphatic carbocycles. The minimum absolute atomic E-state index is 0.687. The van der Waals surface area contributed by atoms with Gasteiger partial charge in [-0.05, 0) is 0 Å². The van der Waals surface area contributed by atoms with Gasteiger partial charge in [-0.15, -0.1) is 0 Å². The molecule has 0 radical (unpaired) electrons. The van der Waals surface area contributed by atoms with Crippen LogP contribution in [-0.2, 0) is 31.6 Å². The fourth-order valence-corrected chi connectivity index (χ4v) is 5.70. The normalized spacial score (nSPS) is 29.6. The number of aromatic nitrogens is 2. The Bertz CT molecular complexity index is 1050. The molecule has 4 N–H and O–H groups in total. The second kappa shape index (κ2) is 8.85. The number of phosphoric ester groups is 1. The van der Waals surface area contributed by atoms with Gasteiger partial charge in [0.05, 0.1) is 6.61 Å². The number of phosphoric acid groups is 3. The van der Waals surface area contributed by atoms with Crippen LogP contribution in [-0.4, -0.2) is 47.6 Å². The highest BCUT2D eigenvalue weighted by atomic mass is 35.5. The molecule has 2 heterocycles. The third-order valence-corrected chi connectivity index (χ3v) is 7.84. The van der Waals surface area contributed by atoms with E-state index >= 15 is 0 Å². The Balaban J connectivity index is 2.13. The molecule has 16 nitrogen and oxygen atoms in total. The van der Waals surface area contributed by atoms with Crippen LogP contribution < -0.4 is 21.0 Å². The van der Waals surface area contributed by atoms with Gasteiger partial charge in [0.15, 0.2) is 10.6 Å². The molecule has 0 saturated carbocycles. The van der Waals surface area contributed by atoms with Gasteiger partial charge in [-0.25, -0.2) is 18.0 Å². The summed E-state index contributed by atoms with van der Waals surface area (Å²) in [5.41, 5.74) is -1.80. The molecule has 0 bridgehead atoms. The Labute approximate surface area is 175 Å². The number of aromatic amines is 1. The van der Waals surface area contributed by atoms with Gasteiger partial charge in [0.2, 0.25) is 0 Å². The third-order valence-electron chi connectivity index (χ3n) is 3.29. The molecule has 21 heteroatoms. The van der Waals surface area contributed by atoms with E-state index in [1.807, 2.05) is 4.98 Å². The van der Waals surface area contributed by atoms with Crippen molar-refractivity contribution in [2.24, 2.45) is 0 Å². The van der Waals surface area contributed by atoms with Gasteiger partial charge < -0.3 is 29.4 Å². The molecule has 1 aliphatic rings. The number of nitrogens with zero attached hydrogens (tertiary/aromatic N) is 1. The zero-order chi connectivity index (χ0) is 23.1. The maximum absolute atomic E-state index is 11.9. The molecule has 3 unspecified atom stereocenters. The molecule has 30 heavy (non-hydrogen) atoms. The van der Waals surface area contributed by atoms with Crippen molar-refractivity contribution >= 4 is 46.7 Å². The summed E-state index contributed by atoms with van der Waals surface area (Å²) in [7, 11) is -17.5. The molecule has 2 rings (SSSR count). The third kappa shape index (κ3) is 6.55. The summed E-state index contributed by atoms with van der Waals surface area (Å²) in [4.78, 5) is 64.1. The number of hydrogen-bond donors (Lipinski definition) is 4. The quantitative estimate of drug-likeness (QED) is 0.209. The predicted molar refractivity (Wildman–Crippen MR) is 91.1 cm³/mol. The van der Waals surface area contributed by atoms with E-state index in [1.165, 1.54) is 0 Å². The molecular formula is C9H11Cl2N2O14P3-2. The van der Waals surface area contributed by atoms with Crippen molar-refractivity contribution in [3.05, 3.63) is 33.1 Å². The summed E-state index contributed by atoms with van der Waals surface area (Å²) in [6, 6.07) is 0.905. The second-order valence-corrected chi connectivity index (χ2v) is 11.3. The lowest BCUT2D eigenvalue weighted by molar-refractivity contribution is -0.236. The maximum Gasteiger partial charge on any atom is 0.478 e. The van der Waals surface area contributed by atoms with Crippen LogP contribution in [0.15, 0.2) is 21.9 Å². The van der Waals surface area contributed by atoms with Crippen LogP contribution in [0.25, 0.3) is 0 Å². The lowest BCUT2D eigenvalue weighted by atomic mass is 10.2. The molecule has 1 fully saturated rings. The van der Waals surface area contributed by atoms with Crippen LogP contribution in [0.5, 0.6) is 0 Å². The number of ether oxygens (including phenoxy) is 1. The molecule has 0 spiro atoms. The Morgan fingerprint density at radius 3 is 2.37 bits per heavy atom. The highest BCUT2D eigenvalue weighted by Crippen LogP contribution is 2.63. The van der Waals surface area contributed by atoms with Gasteiger partial charge in [-0.3, -0.25) is 28.0 Å². The zero-order valence-corrected chi connectivity index (χ0v) is 18.2. The molecule has 6 atom stereocenters. The van der Waals surface area contributed by atoms with E-state index in [1.54, 1.807) is 0 Å². The van der Waals surface area contributed by atoms with Crippen molar-refractivity contribution in [3.8, 4) is 0 Å². The van der Waals surface area contributed by atoms with E-state index in [0.29, 0.717) is 4.57 Å². The summed E-state index contributed by atoms with van der Waals surface area (Å²) in [6.07, 6.45) is -4.24. The van der Waals surface area contributed by atoms with Crippen LogP contribution >= 0.6 is 46.7 Å². The van der Waals surface area contributed by atoms with Crippen LogP contribution in [0.4, 0.5) is 0 Å². The number of hydrogen-bond acceptors (Lipinski definition) is 12. The van der Waals surface area contributed by atoms with Gasteiger partial charge in [-0.1, -0.05) is 23.2 Å². The number of aliphatic hydroxyl groups excluding tert-OH is 1. The summed E-state index contributed by atoms with van der Waals surface area (Å²) in [6.45, 7) is -1.11. The zero-order valence-electron chi connectivity index (χ0n) is 14.0. The Morgan fingerprint density at radius 1 is 1.23 bits per heavy atom. The minimum Gasteiger partial charge on any atom is -0.756 e. The van der Waals surface area contributed by atoms with Crippen LogP contribution in [0.1, 0.15) is 6.23 Å². The van der Waals surface area contributed by atoms with E-state index < -0.39 is 64.1 Å². The lowest BCUT2D eigenvalue weighted by Gasteiger charge is -2.28. The first-order valence-electron chi connectivity index (χ1n) is 7.21. The Kier molecular flexibility index (Phi) is 7.62. The second-order valence-electron chi connectivity index (χ2n) is 5.51. The van der Waals surface area contributed by atoms with Crippen molar-refractivity contribution in [1.82, 2.24) is 9.55 Å². The molecule has 1 saturated heterocycles. The molecule has 0 amide bonds.